The third kappa shape index (κ3) is 3.44. The Balaban J connectivity index is 2.16. The highest BCUT2D eigenvalue weighted by Crippen LogP contribution is 2.45. The van der Waals surface area contributed by atoms with Gasteiger partial charge in [0.1, 0.15) is 5.78 Å². The number of methoxy groups -OCH3 is 2. The molecule has 0 saturated heterocycles. The van der Waals surface area contributed by atoms with Crippen molar-refractivity contribution in [3.63, 3.8) is 0 Å². The summed E-state index contributed by atoms with van der Waals surface area (Å²) in [5.41, 5.74) is 2.86. The van der Waals surface area contributed by atoms with E-state index in [4.69, 9.17) is 14.2 Å². The number of carbonyl (C=O) groups is 2. The van der Waals surface area contributed by atoms with Gasteiger partial charge in [-0.25, -0.2) is 4.79 Å². The van der Waals surface area contributed by atoms with Crippen molar-refractivity contribution in [2.45, 2.75) is 32.6 Å². The van der Waals surface area contributed by atoms with Crippen LogP contribution in [-0.4, -0.2) is 32.6 Å². The van der Waals surface area contributed by atoms with Crippen LogP contribution in [0, 0.1) is 5.92 Å². The fourth-order valence-electron chi connectivity index (χ4n) is 3.91. The van der Waals surface area contributed by atoms with Crippen LogP contribution in [0.1, 0.15) is 38.2 Å². The maximum absolute atomic E-state index is 12.8. The second kappa shape index (κ2) is 7.86. The van der Waals surface area contributed by atoms with Crippen molar-refractivity contribution < 1.29 is 23.8 Å². The van der Waals surface area contributed by atoms with Crippen molar-refractivity contribution >= 4 is 11.8 Å². The van der Waals surface area contributed by atoms with Crippen LogP contribution in [0.4, 0.5) is 0 Å². The molecule has 0 fully saturated rings. The van der Waals surface area contributed by atoms with Crippen LogP contribution in [0.5, 0.6) is 11.5 Å². The molecule has 2 unspecified atom stereocenters. The molecule has 1 aliphatic carbocycles. The molecule has 0 spiro atoms. The van der Waals surface area contributed by atoms with Gasteiger partial charge in [0.05, 0.1) is 32.3 Å². The van der Waals surface area contributed by atoms with Crippen LogP contribution in [0.25, 0.3) is 0 Å². The van der Waals surface area contributed by atoms with E-state index in [1.165, 1.54) is 7.11 Å². The molecule has 144 valence electrons. The number of esters is 1. The first-order valence-electron chi connectivity index (χ1n) is 9.11. The van der Waals surface area contributed by atoms with Gasteiger partial charge < -0.3 is 19.5 Å². The molecule has 1 heterocycles. The van der Waals surface area contributed by atoms with Crippen LogP contribution in [0.2, 0.25) is 0 Å². The molecule has 3 rings (SSSR count). The molecule has 1 aromatic rings. The van der Waals surface area contributed by atoms with Gasteiger partial charge in [-0.05, 0) is 38.0 Å². The molecule has 6 heteroatoms. The quantitative estimate of drug-likeness (QED) is 0.802. The van der Waals surface area contributed by atoms with Gasteiger partial charge in [0.2, 0.25) is 0 Å². The van der Waals surface area contributed by atoms with Crippen molar-refractivity contribution in [2.24, 2.45) is 5.92 Å². The molecule has 0 saturated carbocycles. The molecule has 27 heavy (non-hydrogen) atoms. The lowest BCUT2D eigenvalue weighted by molar-refractivity contribution is -0.136. The normalized spacial score (nSPS) is 21.8. The summed E-state index contributed by atoms with van der Waals surface area (Å²) in [7, 11) is 2.93. The number of carbonyl (C=O) groups excluding carboxylic acids is 2. The third-order valence-corrected chi connectivity index (χ3v) is 5.07. The number of allylic oxidation sites excluding steroid dienone is 3. The summed E-state index contributed by atoms with van der Waals surface area (Å²) in [6.07, 6.45) is 3.22. The minimum absolute atomic E-state index is 0.117. The Bertz CT molecular complexity index is 824. The largest absolute Gasteiger partial charge is 0.493 e. The van der Waals surface area contributed by atoms with Gasteiger partial charge in [-0.3, -0.25) is 4.79 Å². The first kappa shape index (κ1) is 19.0. The molecule has 0 radical (unpaired) electrons. The van der Waals surface area contributed by atoms with Gasteiger partial charge >= 0.3 is 5.97 Å². The number of benzene rings is 1. The van der Waals surface area contributed by atoms with E-state index in [-0.39, 0.29) is 5.78 Å². The summed E-state index contributed by atoms with van der Waals surface area (Å²) in [4.78, 5) is 25.3. The molecule has 0 bridgehead atoms. The van der Waals surface area contributed by atoms with Crippen LogP contribution in [0.3, 0.4) is 0 Å². The molecule has 0 amide bonds. The van der Waals surface area contributed by atoms with Gasteiger partial charge in [-0.1, -0.05) is 12.1 Å². The summed E-state index contributed by atoms with van der Waals surface area (Å²) in [5.74, 6) is 0.0239. The smallest absolute Gasteiger partial charge is 0.336 e. The third-order valence-electron chi connectivity index (χ3n) is 5.07. The summed E-state index contributed by atoms with van der Waals surface area (Å²) in [6, 6.07) is 5.55. The average Bonchev–Trinajstić information content (AvgIpc) is 2.67. The summed E-state index contributed by atoms with van der Waals surface area (Å²) in [5, 5.41) is 3.24. The minimum atomic E-state index is -0.435. The van der Waals surface area contributed by atoms with Gasteiger partial charge in [0.15, 0.2) is 11.5 Å². The zero-order valence-corrected chi connectivity index (χ0v) is 16.1. The lowest BCUT2D eigenvalue weighted by Crippen LogP contribution is -2.40. The zero-order valence-electron chi connectivity index (χ0n) is 16.1. The molecule has 1 N–H and O–H groups in total. The number of fused-ring (bicyclic) bond motifs is 1. The molecule has 1 aromatic carbocycles. The van der Waals surface area contributed by atoms with Gasteiger partial charge in [-0.2, -0.15) is 0 Å². The number of ketones is 1. The van der Waals surface area contributed by atoms with Crippen molar-refractivity contribution in [3.05, 3.63) is 46.8 Å². The van der Waals surface area contributed by atoms with Gasteiger partial charge in [0, 0.05) is 23.7 Å². The number of ether oxygens (including phenoxy) is 3. The fraction of sp³-hybridized carbons (Fsp3) is 0.429. The Labute approximate surface area is 159 Å². The van der Waals surface area contributed by atoms with Crippen LogP contribution >= 0.6 is 0 Å². The predicted octanol–water partition coefficient (Wildman–Crippen LogP) is 3.09. The zero-order chi connectivity index (χ0) is 19.6. The van der Waals surface area contributed by atoms with E-state index in [2.05, 4.69) is 5.32 Å². The van der Waals surface area contributed by atoms with E-state index in [0.29, 0.717) is 42.2 Å². The minimum Gasteiger partial charge on any atom is -0.493 e. The van der Waals surface area contributed by atoms with Crippen LogP contribution < -0.4 is 14.8 Å². The van der Waals surface area contributed by atoms with Gasteiger partial charge in [0.25, 0.3) is 0 Å². The predicted molar refractivity (Wildman–Crippen MR) is 101 cm³/mol. The molecule has 2 aliphatic rings. The maximum Gasteiger partial charge on any atom is 0.336 e. The molecule has 6 nitrogen and oxygen atoms in total. The van der Waals surface area contributed by atoms with Crippen LogP contribution in [-0.2, 0) is 14.3 Å². The van der Waals surface area contributed by atoms with Crippen molar-refractivity contribution in [1.29, 1.82) is 0 Å². The highest BCUT2D eigenvalue weighted by molar-refractivity contribution is 5.96. The van der Waals surface area contributed by atoms with E-state index in [1.54, 1.807) is 7.11 Å². The molecule has 2 atom stereocenters. The van der Waals surface area contributed by atoms with Gasteiger partial charge in [-0.15, -0.1) is 0 Å². The van der Waals surface area contributed by atoms with E-state index in [9.17, 15) is 9.59 Å². The lowest BCUT2D eigenvalue weighted by Gasteiger charge is -2.38. The SMILES string of the molecule is CCOc1ccc(C2C(C(=O)OC)=C(C)NC3=CCCC(=O)C32)cc1OC. The number of nitrogens with one attached hydrogen (secondary N) is 1. The molecular formula is C21H25NO5. The Hall–Kier alpha value is -2.76. The number of hydrogen-bond donors (Lipinski definition) is 1. The molecule has 1 aliphatic heterocycles. The Kier molecular flexibility index (Phi) is 5.54. The Morgan fingerprint density at radius 2 is 2.00 bits per heavy atom. The number of rotatable bonds is 5. The summed E-state index contributed by atoms with van der Waals surface area (Å²) < 4.78 is 16.1. The number of hydrogen-bond acceptors (Lipinski definition) is 6. The molecule has 0 aromatic heterocycles. The Morgan fingerprint density at radius 1 is 1.22 bits per heavy atom. The highest BCUT2D eigenvalue weighted by atomic mass is 16.5. The van der Waals surface area contributed by atoms with Crippen molar-refractivity contribution in [2.75, 3.05) is 20.8 Å². The standard InChI is InChI=1S/C21H25NO5/c1-5-27-16-10-9-13(11-17(16)25-3)19-18(21(24)26-4)12(2)22-14-7-6-8-15(23)20(14)19/h7,9-11,19-20,22H,5-6,8H2,1-4H3. The first-order chi connectivity index (χ1) is 13.0. The van der Waals surface area contributed by atoms with E-state index < -0.39 is 17.8 Å². The second-order valence-electron chi connectivity index (χ2n) is 6.62. The molecular weight excluding hydrogens is 346 g/mol. The maximum atomic E-state index is 12.8. The number of Topliss-reactive ketones (excluding diaryl/α,β-unsaturated/α-hetero) is 1. The van der Waals surface area contributed by atoms with Crippen molar-refractivity contribution in [3.8, 4) is 11.5 Å². The average molecular weight is 371 g/mol. The monoisotopic (exact) mass is 371 g/mol. The fourth-order valence-corrected chi connectivity index (χ4v) is 3.91. The van der Waals surface area contributed by atoms with E-state index in [1.807, 2.05) is 38.1 Å². The summed E-state index contributed by atoms with van der Waals surface area (Å²) in [6.45, 7) is 4.25. The van der Waals surface area contributed by atoms with Crippen LogP contribution in [0.15, 0.2) is 41.2 Å². The second-order valence-corrected chi connectivity index (χ2v) is 6.62. The Morgan fingerprint density at radius 3 is 2.67 bits per heavy atom. The van der Waals surface area contributed by atoms with Crippen molar-refractivity contribution in [1.82, 2.24) is 5.32 Å². The topological polar surface area (TPSA) is 73.9 Å². The van der Waals surface area contributed by atoms with E-state index >= 15 is 0 Å². The summed E-state index contributed by atoms with van der Waals surface area (Å²) >= 11 is 0. The highest BCUT2D eigenvalue weighted by Gasteiger charge is 2.43. The van der Waals surface area contributed by atoms with E-state index in [0.717, 1.165) is 11.3 Å². The first-order valence-corrected chi connectivity index (χ1v) is 9.11. The lowest BCUT2D eigenvalue weighted by atomic mass is 9.71.